The van der Waals surface area contributed by atoms with Crippen molar-refractivity contribution in [3.05, 3.63) is 279 Å². The molecule has 2 heterocycles. The first kappa shape index (κ1) is 64.8. The van der Waals surface area contributed by atoms with E-state index in [1.165, 1.54) is 221 Å². The molecule has 0 bridgehead atoms. The number of aryl methyl sites for hydroxylation is 2. The van der Waals surface area contributed by atoms with Gasteiger partial charge >= 0.3 is 0 Å². The van der Waals surface area contributed by atoms with E-state index in [9.17, 15) is 0 Å². The van der Waals surface area contributed by atoms with E-state index < -0.39 is 0 Å². The first-order chi connectivity index (χ1) is 50.3. The maximum Gasteiger partial charge on any atom is 0.144 e. The maximum absolute atomic E-state index is 7.24. The van der Waals surface area contributed by atoms with E-state index in [0.717, 1.165) is 50.3 Å². The van der Waals surface area contributed by atoms with Crippen molar-refractivity contribution in [2.24, 2.45) is 0 Å². The molecule has 0 spiro atoms. The summed E-state index contributed by atoms with van der Waals surface area (Å²) >= 11 is 0. The lowest BCUT2D eigenvalue weighted by Crippen LogP contribution is -2.25. The van der Waals surface area contributed by atoms with E-state index in [4.69, 9.17) is 8.83 Å². The van der Waals surface area contributed by atoms with Gasteiger partial charge in [0.25, 0.3) is 0 Å². The molecule has 104 heavy (non-hydrogen) atoms. The number of furan rings is 2. The topological polar surface area (TPSA) is 29.5 Å². The van der Waals surface area contributed by atoms with Crippen molar-refractivity contribution in [2.45, 2.75) is 187 Å². The third kappa shape index (κ3) is 9.26. The SMILES string of the molecule is CCCCCCCC1(CCCCCCC)c2ccccc2-c2ccc(-c3ccc4c(c3)C(C)(C)c3cc(-c5cc6c(c7c5oc5ccccc57)-c5ccc(N(c7cc(C)cc(C)c7)c7ccc8c(c7)C(C)(C)c7c9c(c%10c(oc%11ccccc%11%10)c7-8)-c7ccccc7C9(C)C)cc5C6(C)C)ccc3-4)cc21. The van der Waals surface area contributed by atoms with Crippen molar-refractivity contribution in [3.8, 4) is 77.9 Å². The van der Waals surface area contributed by atoms with Crippen LogP contribution in [0.2, 0.25) is 0 Å². The number of nitrogens with zero attached hydrogens (tertiary/aromatic N) is 1. The molecule has 0 amide bonds. The standard InChI is InChI=1S/C101H95NO2/c1-13-15-17-19-29-49-101(50-30-20-18-16-14-2)79-36-26-21-31-68(79)71-45-40-63(55-84(71)101)62-39-44-69-70-46-41-64(56-81(70)97(5,6)80(69)54-62)77-59-85-88(90-75-33-23-27-37-86(75)103-95(77)90)73-47-42-65(57-82(73)98(85,7)8)102(67-52-60(3)51-61(4)53-67)66-43-48-74-83(58-66)100(11,12)94-92(74)96-91(76-34-24-28-38-87(76)104-96)89-72-32-22-25-35-78(72)99(9,10)93(89)94/h21-28,31-48,51-59H,13-20,29-30,49-50H2,1-12H3. The molecule has 0 fully saturated rings. The van der Waals surface area contributed by atoms with Gasteiger partial charge in [-0.1, -0.05) is 273 Å². The summed E-state index contributed by atoms with van der Waals surface area (Å²) in [4.78, 5) is 2.53. The third-order valence-electron chi connectivity index (χ3n) is 26.1. The van der Waals surface area contributed by atoms with Crippen LogP contribution < -0.4 is 4.90 Å². The van der Waals surface area contributed by atoms with Crippen molar-refractivity contribution in [1.82, 2.24) is 0 Å². The molecule has 3 heteroatoms. The zero-order valence-electron chi connectivity index (χ0n) is 63.0. The summed E-state index contributed by atoms with van der Waals surface area (Å²) in [7, 11) is 0. The van der Waals surface area contributed by atoms with Crippen LogP contribution in [0.25, 0.3) is 122 Å². The molecular formula is C101H95NO2. The smallest absolute Gasteiger partial charge is 0.144 e. The molecular weight excluding hydrogens is 1260 g/mol. The Morgan fingerprint density at radius 2 is 0.731 bits per heavy atom. The van der Waals surface area contributed by atoms with Gasteiger partial charge in [-0.15, -0.1) is 0 Å². The number of rotatable bonds is 17. The van der Waals surface area contributed by atoms with Crippen LogP contribution in [0.15, 0.2) is 221 Å². The molecule has 5 aliphatic rings. The second-order valence-electron chi connectivity index (χ2n) is 33.9. The zero-order chi connectivity index (χ0) is 71.1. The minimum Gasteiger partial charge on any atom is -0.455 e. The van der Waals surface area contributed by atoms with Crippen LogP contribution in [-0.2, 0) is 27.1 Å². The van der Waals surface area contributed by atoms with Gasteiger partial charge in [-0.3, -0.25) is 0 Å². The summed E-state index contributed by atoms with van der Waals surface area (Å²) in [5, 5.41) is 4.75. The quantitative estimate of drug-likeness (QED) is 0.0851. The number of fused-ring (bicyclic) bond motifs is 25. The molecule has 0 unspecified atom stereocenters. The summed E-state index contributed by atoms with van der Waals surface area (Å²) in [6, 6.07) is 82.4. The second kappa shape index (κ2) is 23.5. The van der Waals surface area contributed by atoms with Gasteiger partial charge in [0.1, 0.15) is 22.3 Å². The highest BCUT2D eigenvalue weighted by Crippen LogP contribution is 2.65. The van der Waals surface area contributed by atoms with Gasteiger partial charge in [-0.05, 0) is 233 Å². The van der Waals surface area contributed by atoms with Crippen LogP contribution in [0.1, 0.15) is 213 Å². The monoisotopic (exact) mass is 1350 g/mol. The van der Waals surface area contributed by atoms with Gasteiger partial charge in [0.2, 0.25) is 0 Å². The van der Waals surface area contributed by atoms with Crippen LogP contribution in [0.3, 0.4) is 0 Å². The minimum atomic E-state index is -0.383. The molecule has 0 N–H and O–H groups in total. The maximum atomic E-state index is 7.24. The average Bonchev–Trinajstić information content (AvgIpc) is 1.51. The Balaban J connectivity index is 0.703. The number of hydrogen-bond donors (Lipinski definition) is 0. The number of hydrogen-bond acceptors (Lipinski definition) is 3. The molecule has 5 aliphatic carbocycles. The average molecular weight is 1350 g/mol. The normalized spacial score (nSPS) is 15.8. The van der Waals surface area contributed by atoms with Crippen LogP contribution in [0.5, 0.6) is 0 Å². The fraction of sp³-hybridized carbons (Fsp3) is 0.287. The van der Waals surface area contributed by atoms with Crippen molar-refractivity contribution in [2.75, 3.05) is 4.90 Å². The van der Waals surface area contributed by atoms with Crippen LogP contribution >= 0.6 is 0 Å². The number of unbranched alkanes of at least 4 members (excludes halogenated alkanes) is 8. The summed E-state index contributed by atoms with van der Waals surface area (Å²) in [5.41, 5.74) is 40.7. The second-order valence-corrected chi connectivity index (χ2v) is 33.9. The fourth-order valence-electron chi connectivity index (χ4n) is 21.1. The Hall–Kier alpha value is -9.96. The Bertz CT molecular complexity index is 5910. The summed E-state index contributed by atoms with van der Waals surface area (Å²) in [5.74, 6) is 0. The van der Waals surface area contributed by atoms with Gasteiger partial charge < -0.3 is 13.7 Å². The van der Waals surface area contributed by atoms with Crippen LogP contribution in [0, 0.1) is 13.8 Å². The lowest BCUT2D eigenvalue weighted by atomic mass is 9.70. The van der Waals surface area contributed by atoms with Crippen molar-refractivity contribution in [1.29, 1.82) is 0 Å². The van der Waals surface area contributed by atoms with E-state index in [-0.39, 0.29) is 27.1 Å². The molecule has 12 aromatic carbocycles. The number of para-hydroxylation sites is 2. The van der Waals surface area contributed by atoms with E-state index in [1.54, 1.807) is 11.1 Å². The fourth-order valence-corrected chi connectivity index (χ4v) is 21.1. The van der Waals surface area contributed by atoms with Gasteiger partial charge in [-0.2, -0.15) is 0 Å². The number of anilines is 3. The molecule has 2 aromatic heterocycles. The van der Waals surface area contributed by atoms with E-state index in [2.05, 4.69) is 300 Å². The number of benzene rings is 12. The highest BCUT2D eigenvalue weighted by molar-refractivity contribution is 6.22. The lowest BCUT2D eigenvalue weighted by Gasteiger charge is -2.33. The first-order valence-corrected chi connectivity index (χ1v) is 39.2. The van der Waals surface area contributed by atoms with Crippen molar-refractivity contribution < 1.29 is 8.83 Å². The molecule has 19 rings (SSSR count). The first-order valence-electron chi connectivity index (χ1n) is 39.2. The Morgan fingerprint density at radius 1 is 0.298 bits per heavy atom. The van der Waals surface area contributed by atoms with Gasteiger partial charge in [-0.25, -0.2) is 0 Å². The summed E-state index contributed by atoms with van der Waals surface area (Å²) in [6.45, 7) is 28.8. The molecule has 0 saturated carbocycles. The highest BCUT2D eigenvalue weighted by atomic mass is 16.3. The molecule has 0 aliphatic heterocycles. The van der Waals surface area contributed by atoms with Gasteiger partial charge in [0, 0.05) is 76.8 Å². The van der Waals surface area contributed by atoms with E-state index >= 15 is 0 Å². The largest absolute Gasteiger partial charge is 0.455 e. The molecule has 14 aromatic rings. The Labute approximate surface area is 615 Å². The zero-order valence-corrected chi connectivity index (χ0v) is 63.0. The molecule has 0 saturated heterocycles. The molecule has 0 radical (unpaired) electrons. The third-order valence-corrected chi connectivity index (χ3v) is 26.1. The molecule has 0 atom stereocenters. The predicted molar refractivity (Wildman–Crippen MR) is 439 cm³/mol. The summed E-state index contributed by atoms with van der Waals surface area (Å²) in [6.07, 6.45) is 15.4. The Morgan fingerprint density at radius 3 is 1.36 bits per heavy atom. The highest BCUT2D eigenvalue weighted by Gasteiger charge is 2.50. The van der Waals surface area contributed by atoms with E-state index in [0.29, 0.717) is 0 Å². The Kier molecular flexibility index (Phi) is 14.7. The lowest BCUT2D eigenvalue weighted by molar-refractivity contribution is 0.399. The van der Waals surface area contributed by atoms with Gasteiger partial charge in [0.15, 0.2) is 0 Å². The van der Waals surface area contributed by atoms with Crippen molar-refractivity contribution >= 4 is 60.9 Å². The summed E-state index contributed by atoms with van der Waals surface area (Å²) < 4.78 is 14.4. The van der Waals surface area contributed by atoms with Crippen LogP contribution in [0.4, 0.5) is 17.1 Å². The molecule has 3 nitrogen and oxygen atoms in total. The molecule has 516 valence electrons. The van der Waals surface area contributed by atoms with Crippen LogP contribution in [-0.4, -0.2) is 0 Å². The van der Waals surface area contributed by atoms with Crippen molar-refractivity contribution in [3.63, 3.8) is 0 Å². The minimum absolute atomic E-state index is 0.0324. The van der Waals surface area contributed by atoms with E-state index in [1.807, 2.05) is 0 Å². The predicted octanol–water partition coefficient (Wildman–Crippen LogP) is 29.1. The van der Waals surface area contributed by atoms with Gasteiger partial charge in [0.05, 0.1) is 0 Å².